The predicted molar refractivity (Wildman–Crippen MR) is 33.5 cm³/mol. The summed E-state index contributed by atoms with van der Waals surface area (Å²) in [7, 11) is 0. The summed E-state index contributed by atoms with van der Waals surface area (Å²) in [6.07, 6.45) is 1.24. The van der Waals surface area contributed by atoms with E-state index in [-0.39, 0.29) is 69.1 Å². The Balaban J connectivity index is -0.000000180. The van der Waals surface area contributed by atoms with Crippen LogP contribution in [0.15, 0.2) is 10.3 Å². The van der Waals surface area contributed by atoms with E-state index >= 15 is 0 Å². The first kappa shape index (κ1) is 17.1. The van der Waals surface area contributed by atoms with Crippen molar-refractivity contribution >= 4 is 31.0 Å². The number of carbonyl (C=O) groups excluding carboxylic acids is 1. The molecule has 0 aromatic rings. The molecule has 0 amide bonds. The monoisotopic (exact) mass is 178 g/mol. The van der Waals surface area contributed by atoms with Gasteiger partial charge in [-0.3, -0.25) is 4.79 Å². The first-order valence-electron chi connectivity index (χ1n) is 1.69. The molecule has 0 fully saturated rings. The van der Waals surface area contributed by atoms with E-state index < -0.39 is 0 Å². The molecule has 0 saturated heterocycles. The van der Waals surface area contributed by atoms with Crippen LogP contribution in [-0.4, -0.2) is 5.78 Å². The van der Waals surface area contributed by atoms with Gasteiger partial charge in [-0.2, -0.15) is 0 Å². The van der Waals surface area contributed by atoms with Gasteiger partial charge in [0.15, 0.2) is 0 Å². The molecular formula is C4H4Na2OS2. The Morgan fingerprint density at radius 3 is 1.67 bits per heavy atom. The normalized spacial score (nSPS) is 5.89. The number of carbonyl (C=O) groups is 1. The van der Waals surface area contributed by atoms with E-state index in [1.54, 1.807) is 0 Å². The molecule has 0 bridgehead atoms. The summed E-state index contributed by atoms with van der Waals surface area (Å²) in [4.78, 5) is 10.0. The quantitative estimate of drug-likeness (QED) is 0.226. The Labute approximate surface area is 110 Å². The van der Waals surface area contributed by atoms with Gasteiger partial charge >= 0.3 is 59.1 Å². The van der Waals surface area contributed by atoms with Crippen LogP contribution in [-0.2, 0) is 30.1 Å². The summed E-state index contributed by atoms with van der Waals surface area (Å²) >= 11 is 8.82. The molecule has 0 saturated carbocycles. The Hall–Kier alpha value is 1.85. The number of ketones is 1. The molecule has 0 N–H and O–H groups in total. The Kier molecular flexibility index (Phi) is 18.7. The number of hydrogen-bond acceptors (Lipinski definition) is 3. The molecule has 0 aliphatic heterocycles. The predicted octanol–water partition coefficient (Wildman–Crippen LogP) is -5.48. The van der Waals surface area contributed by atoms with Gasteiger partial charge in [0, 0.05) is 0 Å². The van der Waals surface area contributed by atoms with Crippen LogP contribution in [0.2, 0.25) is 0 Å². The molecule has 0 atom stereocenters. The zero-order chi connectivity index (χ0) is 5.86. The van der Waals surface area contributed by atoms with Gasteiger partial charge in [-0.15, -0.1) is 0 Å². The van der Waals surface area contributed by atoms with Crippen LogP contribution >= 0.6 is 0 Å². The van der Waals surface area contributed by atoms with Crippen LogP contribution in [0.4, 0.5) is 0 Å². The van der Waals surface area contributed by atoms with E-state index in [0.29, 0.717) is 0 Å². The number of allylic oxidation sites excluding steroid dienone is 1. The molecule has 0 aromatic carbocycles. The molecule has 0 heterocycles. The van der Waals surface area contributed by atoms with Crippen molar-refractivity contribution in [3.63, 3.8) is 0 Å². The smallest absolute Gasteiger partial charge is 0.807 e. The SMILES string of the molecule is CC(=O)C=C([S-])[S-].[Na+].[Na+]. The zero-order valence-corrected chi connectivity index (χ0v) is 11.4. The maximum absolute atomic E-state index is 10.0. The molecule has 5 heteroatoms. The molecule has 0 radical (unpaired) electrons. The van der Waals surface area contributed by atoms with Gasteiger partial charge in [0.2, 0.25) is 0 Å². The number of hydrogen-bond donors (Lipinski definition) is 0. The Morgan fingerprint density at radius 1 is 1.33 bits per heavy atom. The fraction of sp³-hybridized carbons (Fsp3) is 0.250. The standard InChI is InChI=1S/C4H6OS2.2Na/c1-3(5)2-4(6)7;;/h2,6-7H,1H3;;/q;2*+1/p-2. The largest absolute Gasteiger partial charge is 1.00 e. The summed E-state index contributed by atoms with van der Waals surface area (Å²) in [5, 5.41) is 0. The molecule has 0 aliphatic rings. The van der Waals surface area contributed by atoms with Crippen LogP contribution in [0.3, 0.4) is 0 Å². The third-order valence-corrected chi connectivity index (χ3v) is 0.557. The van der Waals surface area contributed by atoms with Crippen LogP contribution in [0.25, 0.3) is 0 Å². The van der Waals surface area contributed by atoms with Crippen molar-refractivity contribution in [1.82, 2.24) is 0 Å². The van der Waals surface area contributed by atoms with Crippen LogP contribution in [0, 0.1) is 0 Å². The van der Waals surface area contributed by atoms with E-state index in [1.807, 2.05) is 0 Å². The molecule has 0 aliphatic carbocycles. The summed E-state index contributed by atoms with van der Waals surface area (Å²) < 4.78 is 0.229. The average Bonchev–Trinajstić information content (AvgIpc) is 1.27. The second-order valence-corrected chi connectivity index (χ2v) is 2.21. The minimum absolute atomic E-state index is 0. The van der Waals surface area contributed by atoms with Gasteiger partial charge in [0.25, 0.3) is 0 Å². The van der Waals surface area contributed by atoms with Crippen molar-refractivity contribution in [2.24, 2.45) is 0 Å². The van der Waals surface area contributed by atoms with E-state index in [0.717, 1.165) is 0 Å². The second kappa shape index (κ2) is 9.85. The van der Waals surface area contributed by atoms with E-state index in [4.69, 9.17) is 0 Å². The molecule has 0 spiro atoms. The van der Waals surface area contributed by atoms with Gasteiger partial charge in [-0.1, -0.05) is 6.08 Å². The Bertz CT molecular complexity index is 109. The molecule has 0 rings (SSSR count). The summed E-state index contributed by atoms with van der Waals surface area (Å²) in [5.74, 6) is -0.0833. The van der Waals surface area contributed by atoms with E-state index in [9.17, 15) is 4.79 Å². The maximum Gasteiger partial charge on any atom is 1.00 e. The van der Waals surface area contributed by atoms with Gasteiger partial charge in [-0.25, -0.2) is 0 Å². The van der Waals surface area contributed by atoms with Crippen LogP contribution in [0.5, 0.6) is 0 Å². The first-order chi connectivity index (χ1) is 3.13. The fourth-order valence-corrected chi connectivity index (χ4v) is 0.498. The van der Waals surface area contributed by atoms with Crippen molar-refractivity contribution in [1.29, 1.82) is 0 Å². The summed E-state index contributed by atoms with van der Waals surface area (Å²) in [5.41, 5.74) is 0. The molecule has 0 aromatic heterocycles. The van der Waals surface area contributed by atoms with Crippen molar-refractivity contribution in [3.05, 3.63) is 10.3 Å². The van der Waals surface area contributed by atoms with Crippen molar-refractivity contribution < 1.29 is 63.9 Å². The van der Waals surface area contributed by atoms with E-state index in [2.05, 4.69) is 25.3 Å². The first-order valence-corrected chi connectivity index (χ1v) is 2.51. The molecular weight excluding hydrogens is 174 g/mol. The summed E-state index contributed by atoms with van der Waals surface area (Å²) in [6, 6.07) is 0. The molecule has 0 unspecified atom stereocenters. The molecule has 1 nitrogen and oxygen atoms in total. The van der Waals surface area contributed by atoms with Crippen molar-refractivity contribution in [2.45, 2.75) is 6.92 Å². The minimum Gasteiger partial charge on any atom is -0.807 e. The third-order valence-electron chi connectivity index (χ3n) is 0.321. The molecule has 40 valence electrons. The van der Waals surface area contributed by atoms with Gasteiger partial charge in [-0.05, 0) is 6.92 Å². The van der Waals surface area contributed by atoms with Crippen LogP contribution in [0.1, 0.15) is 6.92 Å². The average molecular weight is 178 g/mol. The zero-order valence-electron chi connectivity index (χ0n) is 5.80. The van der Waals surface area contributed by atoms with Gasteiger partial charge in [0.1, 0.15) is 5.78 Å². The third kappa shape index (κ3) is 17.7. The minimum atomic E-state index is -0.0833. The number of rotatable bonds is 1. The van der Waals surface area contributed by atoms with Crippen molar-refractivity contribution in [2.75, 3.05) is 0 Å². The maximum atomic E-state index is 10.0. The van der Waals surface area contributed by atoms with Crippen molar-refractivity contribution in [3.8, 4) is 0 Å². The topological polar surface area (TPSA) is 17.1 Å². The van der Waals surface area contributed by atoms with Gasteiger partial charge in [0.05, 0.1) is 0 Å². The Morgan fingerprint density at radius 2 is 1.67 bits per heavy atom. The van der Waals surface area contributed by atoms with Gasteiger partial charge < -0.3 is 29.5 Å². The fourth-order valence-electron chi connectivity index (χ4n) is 0.166. The van der Waals surface area contributed by atoms with Crippen LogP contribution < -0.4 is 59.1 Å². The molecule has 9 heavy (non-hydrogen) atoms. The van der Waals surface area contributed by atoms with E-state index in [1.165, 1.54) is 13.0 Å². The summed E-state index contributed by atoms with van der Waals surface area (Å²) in [6.45, 7) is 1.42. The second-order valence-electron chi connectivity index (χ2n) is 1.07.